The van der Waals surface area contributed by atoms with Crippen LogP contribution in [0.2, 0.25) is 0 Å². The van der Waals surface area contributed by atoms with E-state index in [1.165, 1.54) is 32.1 Å². The zero-order valence-electron chi connectivity index (χ0n) is 10.5. The Hall–Kier alpha value is -0.570. The molecule has 16 heavy (non-hydrogen) atoms. The smallest absolute Gasteiger partial charge is 0.234 e. The van der Waals surface area contributed by atoms with Crippen LogP contribution in [0, 0.1) is 5.92 Å². The highest BCUT2D eigenvalue weighted by Crippen LogP contribution is 2.27. The van der Waals surface area contributed by atoms with E-state index in [-0.39, 0.29) is 5.91 Å². The molecule has 0 saturated heterocycles. The Morgan fingerprint density at radius 3 is 2.50 bits per heavy atom. The van der Waals surface area contributed by atoms with Crippen LogP contribution in [-0.4, -0.2) is 36.0 Å². The molecule has 1 N–H and O–H groups in total. The van der Waals surface area contributed by atoms with Gasteiger partial charge in [0.25, 0.3) is 0 Å². The lowest BCUT2D eigenvalue weighted by Gasteiger charge is -2.22. The molecular weight excluding hydrogens is 200 g/mol. The van der Waals surface area contributed by atoms with Gasteiger partial charge < -0.3 is 5.32 Å². The first-order valence-electron chi connectivity index (χ1n) is 6.68. The summed E-state index contributed by atoms with van der Waals surface area (Å²) in [5.74, 6) is 0.964. The summed E-state index contributed by atoms with van der Waals surface area (Å²) in [7, 11) is 0. The molecule has 2 rings (SSSR count). The molecule has 0 atom stereocenters. The van der Waals surface area contributed by atoms with Crippen molar-refractivity contribution in [2.45, 2.75) is 58.0 Å². The summed E-state index contributed by atoms with van der Waals surface area (Å²) < 4.78 is 0. The fourth-order valence-corrected chi connectivity index (χ4v) is 1.94. The first kappa shape index (κ1) is 11.9. The average molecular weight is 224 g/mol. The van der Waals surface area contributed by atoms with Crippen molar-refractivity contribution in [2.24, 2.45) is 5.92 Å². The summed E-state index contributed by atoms with van der Waals surface area (Å²) in [6.07, 6.45) is 6.14. The van der Waals surface area contributed by atoms with Crippen molar-refractivity contribution >= 4 is 5.91 Å². The maximum atomic E-state index is 11.7. The molecule has 0 aromatic rings. The molecule has 0 bridgehead atoms. The number of rotatable bonds is 7. The standard InChI is InChI=1S/C13H24N2O/c1-10(2)7-8-15(12-5-6-12)9-13(16)14-11-3-4-11/h10-12H,3-9H2,1-2H3,(H,14,16). The monoisotopic (exact) mass is 224 g/mol. The van der Waals surface area contributed by atoms with Crippen LogP contribution in [0.15, 0.2) is 0 Å². The molecule has 0 aromatic carbocycles. The van der Waals surface area contributed by atoms with Gasteiger partial charge >= 0.3 is 0 Å². The Morgan fingerprint density at radius 2 is 2.00 bits per heavy atom. The highest BCUT2D eigenvalue weighted by molar-refractivity contribution is 5.78. The molecule has 0 unspecified atom stereocenters. The molecule has 92 valence electrons. The highest BCUT2D eigenvalue weighted by atomic mass is 16.2. The molecule has 0 heterocycles. The van der Waals surface area contributed by atoms with Crippen molar-refractivity contribution in [3.05, 3.63) is 0 Å². The van der Waals surface area contributed by atoms with Crippen LogP contribution in [0.5, 0.6) is 0 Å². The number of carbonyl (C=O) groups is 1. The van der Waals surface area contributed by atoms with Gasteiger partial charge in [-0.25, -0.2) is 0 Å². The van der Waals surface area contributed by atoms with E-state index in [0.717, 1.165) is 12.5 Å². The summed E-state index contributed by atoms with van der Waals surface area (Å²) in [6, 6.07) is 1.20. The van der Waals surface area contributed by atoms with Crippen molar-refractivity contribution < 1.29 is 4.79 Å². The molecule has 2 aliphatic rings. The second-order valence-corrected chi connectivity index (χ2v) is 5.73. The van der Waals surface area contributed by atoms with Gasteiger partial charge in [0.05, 0.1) is 6.54 Å². The zero-order chi connectivity index (χ0) is 11.5. The van der Waals surface area contributed by atoms with E-state index in [1.807, 2.05) is 0 Å². The van der Waals surface area contributed by atoms with Gasteiger partial charge in [-0.15, -0.1) is 0 Å². The van der Waals surface area contributed by atoms with Gasteiger partial charge in [0, 0.05) is 12.1 Å². The van der Waals surface area contributed by atoms with Gasteiger partial charge in [0.15, 0.2) is 0 Å². The van der Waals surface area contributed by atoms with Crippen LogP contribution in [0.25, 0.3) is 0 Å². The summed E-state index contributed by atoms with van der Waals surface area (Å²) in [5.41, 5.74) is 0. The molecule has 1 amide bonds. The van der Waals surface area contributed by atoms with E-state index in [2.05, 4.69) is 24.1 Å². The van der Waals surface area contributed by atoms with Crippen molar-refractivity contribution in [2.75, 3.05) is 13.1 Å². The van der Waals surface area contributed by atoms with E-state index in [9.17, 15) is 4.79 Å². The van der Waals surface area contributed by atoms with Crippen molar-refractivity contribution in [1.82, 2.24) is 10.2 Å². The van der Waals surface area contributed by atoms with Gasteiger partial charge in [0.2, 0.25) is 5.91 Å². The van der Waals surface area contributed by atoms with E-state index in [1.54, 1.807) is 0 Å². The quantitative estimate of drug-likeness (QED) is 0.715. The third kappa shape index (κ3) is 4.12. The molecule has 2 saturated carbocycles. The second kappa shape index (κ2) is 5.17. The lowest BCUT2D eigenvalue weighted by Crippen LogP contribution is -2.40. The lowest BCUT2D eigenvalue weighted by atomic mass is 10.1. The van der Waals surface area contributed by atoms with Crippen molar-refractivity contribution in [3.63, 3.8) is 0 Å². The molecule has 0 spiro atoms. The molecule has 3 heteroatoms. The van der Waals surface area contributed by atoms with Crippen LogP contribution in [0.4, 0.5) is 0 Å². The Morgan fingerprint density at radius 1 is 1.31 bits per heavy atom. The Labute approximate surface area is 98.6 Å². The first-order valence-corrected chi connectivity index (χ1v) is 6.68. The maximum Gasteiger partial charge on any atom is 0.234 e. The molecule has 0 aromatic heterocycles. The molecule has 0 radical (unpaired) electrons. The minimum atomic E-state index is 0.234. The van der Waals surface area contributed by atoms with Gasteiger partial charge in [0.1, 0.15) is 0 Å². The summed E-state index contributed by atoms with van der Waals surface area (Å²) >= 11 is 0. The SMILES string of the molecule is CC(C)CCN(CC(=O)NC1CC1)C1CC1. The predicted octanol–water partition coefficient (Wildman–Crippen LogP) is 1.78. The van der Waals surface area contributed by atoms with E-state index >= 15 is 0 Å². The Bertz CT molecular complexity index is 244. The van der Waals surface area contributed by atoms with Crippen molar-refractivity contribution in [3.8, 4) is 0 Å². The van der Waals surface area contributed by atoms with E-state index < -0.39 is 0 Å². The summed E-state index contributed by atoms with van der Waals surface area (Å²) in [4.78, 5) is 14.1. The fourth-order valence-electron chi connectivity index (χ4n) is 1.94. The lowest BCUT2D eigenvalue weighted by molar-refractivity contribution is -0.122. The third-order valence-electron chi connectivity index (χ3n) is 3.35. The third-order valence-corrected chi connectivity index (χ3v) is 3.35. The molecular formula is C13H24N2O. The Kier molecular flexibility index (Phi) is 3.85. The topological polar surface area (TPSA) is 32.3 Å². The normalized spacial score (nSPS) is 20.5. The average Bonchev–Trinajstić information content (AvgIpc) is 3.02. The predicted molar refractivity (Wildman–Crippen MR) is 65.2 cm³/mol. The molecule has 2 aliphatic carbocycles. The van der Waals surface area contributed by atoms with Crippen LogP contribution in [-0.2, 0) is 4.79 Å². The van der Waals surface area contributed by atoms with E-state index in [4.69, 9.17) is 0 Å². The second-order valence-electron chi connectivity index (χ2n) is 5.73. The van der Waals surface area contributed by atoms with Gasteiger partial charge in [-0.1, -0.05) is 13.8 Å². The van der Waals surface area contributed by atoms with Gasteiger partial charge in [-0.2, -0.15) is 0 Å². The largest absolute Gasteiger partial charge is 0.352 e. The van der Waals surface area contributed by atoms with Gasteiger partial charge in [-0.05, 0) is 44.6 Å². The number of hydrogen-bond acceptors (Lipinski definition) is 2. The Balaban J connectivity index is 1.70. The molecule has 2 fully saturated rings. The number of hydrogen-bond donors (Lipinski definition) is 1. The molecule has 0 aliphatic heterocycles. The van der Waals surface area contributed by atoms with Gasteiger partial charge in [-0.3, -0.25) is 9.69 Å². The fraction of sp³-hybridized carbons (Fsp3) is 0.923. The highest BCUT2D eigenvalue weighted by Gasteiger charge is 2.31. The number of amides is 1. The summed E-state index contributed by atoms with van der Waals surface area (Å²) in [6.45, 7) is 6.19. The van der Waals surface area contributed by atoms with Crippen LogP contribution >= 0.6 is 0 Å². The summed E-state index contributed by atoms with van der Waals surface area (Å²) in [5, 5.41) is 3.07. The van der Waals surface area contributed by atoms with Crippen molar-refractivity contribution in [1.29, 1.82) is 0 Å². The van der Waals surface area contributed by atoms with E-state index in [0.29, 0.717) is 18.6 Å². The van der Waals surface area contributed by atoms with Crippen LogP contribution in [0.1, 0.15) is 46.0 Å². The maximum absolute atomic E-state index is 11.7. The zero-order valence-corrected chi connectivity index (χ0v) is 10.5. The minimum absolute atomic E-state index is 0.234. The molecule has 3 nitrogen and oxygen atoms in total. The number of nitrogens with one attached hydrogen (secondary N) is 1. The number of carbonyl (C=O) groups excluding carboxylic acids is 1. The van der Waals surface area contributed by atoms with Crippen LogP contribution in [0.3, 0.4) is 0 Å². The van der Waals surface area contributed by atoms with Crippen LogP contribution < -0.4 is 5.32 Å². The number of nitrogens with zero attached hydrogens (tertiary/aromatic N) is 1. The first-order chi connectivity index (χ1) is 7.65. The minimum Gasteiger partial charge on any atom is -0.352 e.